The van der Waals surface area contributed by atoms with Gasteiger partial charge in [0.25, 0.3) is 17.7 Å². The minimum absolute atomic E-state index is 0.249. The van der Waals surface area contributed by atoms with Gasteiger partial charge in [0.2, 0.25) is 0 Å². The lowest BCUT2D eigenvalue weighted by Gasteiger charge is -2.11. The molecule has 3 aromatic rings. The van der Waals surface area contributed by atoms with Crippen molar-refractivity contribution in [1.29, 1.82) is 0 Å². The van der Waals surface area contributed by atoms with Crippen molar-refractivity contribution in [2.24, 2.45) is 0 Å². The molecule has 0 saturated heterocycles. The number of anilines is 1. The number of hydrogen-bond donors (Lipinski definition) is 3. The summed E-state index contributed by atoms with van der Waals surface area (Å²) < 4.78 is 5.45. The summed E-state index contributed by atoms with van der Waals surface area (Å²) in [5.41, 5.74) is 7.71. The van der Waals surface area contributed by atoms with Crippen LogP contribution in [0.15, 0.2) is 66.7 Å². The van der Waals surface area contributed by atoms with Crippen LogP contribution in [0.5, 0.6) is 5.75 Å². The highest BCUT2D eigenvalue weighted by Crippen LogP contribution is 2.25. The second-order valence-corrected chi connectivity index (χ2v) is 7.44. The van der Waals surface area contributed by atoms with Crippen LogP contribution in [-0.2, 0) is 4.79 Å². The molecule has 0 aliphatic heterocycles. The van der Waals surface area contributed by atoms with E-state index in [1.807, 2.05) is 19.9 Å². The van der Waals surface area contributed by atoms with Crippen molar-refractivity contribution in [2.75, 3.05) is 11.9 Å². The number of carbonyl (C=O) groups is 3. The van der Waals surface area contributed by atoms with Gasteiger partial charge in [0.15, 0.2) is 6.61 Å². The maximum Gasteiger partial charge on any atom is 0.276 e. The van der Waals surface area contributed by atoms with E-state index in [9.17, 15) is 14.4 Å². The molecule has 0 radical (unpaired) electrons. The van der Waals surface area contributed by atoms with E-state index in [1.165, 1.54) is 12.1 Å². The molecule has 3 N–H and O–H groups in total. The van der Waals surface area contributed by atoms with Crippen LogP contribution in [0, 0.1) is 13.8 Å². The Morgan fingerprint density at radius 3 is 2.03 bits per heavy atom. The van der Waals surface area contributed by atoms with Crippen LogP contribution in [0.25, 0.3) is 0 Å². The average molecular weight is 452 g/mol. The van der Waals surface area contributed by atoms with Gasteiger partial charge in [-0.05, 0) is 73.5 Å². The molecule has 0 aliphatic rings. The van der Waals surface area contributed by atoms with Gasteiger partial charge >= 0.3 is 0 Å². The van der Waals surface area contributed by atoms with Crippen LogP contribution in [0.3, 0.4) is 0 Å². The van der Waals surface area contributed by atoms with Crippen molar-refractivity contribution >= 4 is 35.0 Å². The predicted molar refractivity (Wildman–Crippen MR) is 123 cm³/mol. The normalized spacial score (nSPS) is 10.2. The molecule has 0 heterocycles. The number of nitrogens with one attached hydrogen (secondary N) is 3. The molecule has 0 fully saturated rings. The molecule has 0 unspecified atom stereocenters. The van der Waals surface area contributed by atoms with Gasteiger partial charge in [0, 0.05) is 21.8 Å². The first-order valence-corrected chi connectivity index (χ1v) is 10.2. The third-order valence-electron chi connectivity index (χ3n) is 4.54. The average Bonchev–Trinajstić information content (AvgIpc) is 2.80. The molecule has 0 bridgehead atoms. The molecule has 3 rings (SSSR count). The quantitative estimate of drug-likeness (QED) is 0.492. The van der Waals surface area contributed by atoms with Crippen LogP contribution in [0.4, 0.5) is 5.69 Å². The largest absolute Gasteiger partial charge is 0.484 e. The topological polar surface area (TPSA) is 96.5 Å². The van der Waals surface area contributed by atoms with E-state index in [1.54, 1.807) is 48.5 Å². The summed E-state index contributed by atoms with van der Waals surface area (Å²) in [5, 5.41) is 3.41. The highest BCUT2D eigenvalue weighted by molar-refractivity contribution is 6.32. The zero-order valence-corrected chi connectivity index (χ0v) is 18.3. The lowest BCUT2D eigenvalue weighted by atomic mass is 10.1. The number of carbonyl (C=O) groups excluding carboxylic acids is 3. The minimum atomic E-state index is -0.518. The van der Waals surface area contributed by atoms with Gasteiger partial charge in [-0.3, -0.25) is 25.2 Å². The fourth-order valence-electron chi connectivity index (χ4n) is 2.87. The number of aryl methyl sites for hydroxylation is 2. The van der Waals surface area contributed by atoms with Gasteiger partial charge < -0.3 is 10.1 Å². The first-order valence-electron chi connectivity index (χ1n) is 9.78. The van der Waals surface area contributed by atoms with Crippen molar-refractivity contribution in [1.82, 2.24) is 10.9 Å². The van der Waals surface area contributed by atoms with Crippen LogP contribution in [0.1, 0.15) is 31.8 Å². The molecule has 8 heteroatoms. The highest BCUT2D eigenvalue weighted by atomic mass is 35.5. The summed E-state index contributed by atoms with van der Waals surface area (Å²) in [6.07, 6.45) is 0. The minimum Gasteiger partial charge on any atom is -0.484 e. The third kappa shape index (κ3) is 6.09. The van der Waals surface area contributed by atoms with Crippen molar-refractivity contribution in [3.63, 3.8) is 0 Å². The fraction of sp³-hybridized carbons (Fsp3) is 0.125. The van der Waals surface area contributed by atoms with Gasteiger partial charge in [0.05, 0.1) is 0 Å². The van der Waals surface area contributed by atoms with Crippen LogP contribution < -0.4 is 20.9 Å². The Bertz CT molecular complexity index is 1110. The van der Waals surface area contributed by atoms with Gasteiger partial charge in [-0.25, -0.2) is 0 Å². The van der Waals surface area contributed by atoms with E-state index < -0.39 is 11.8 Å². The Morgan fingerprint density at radius 2 is 1.41 bits per heavy atom. The number of ether oxygens (including phenoxy) is 1. The number of hydrazine groups is 1. The van der Waals surface area contributed by atoms with Crippen LogP contribution in [-0.4, -0.2) is 24.3 Å². The van der Waals surface area contributed by atoms with E-state index in [0.717, 1.165) is 11.1 Å². The molecule has 3 aromatic carbocycles. The van der Waals surface area contributed by atoms with E-state index in [2.05, 4.69) is 16.2 Å². The highest BCUT2D eigenvalue weighted by Gasteiger charge is 2.10. The Balaban J connectivity index is 1.47. The molecule has 32 heavy (non-hydrogen) atoms. The number of rotatable bonds is 6. The molecule has 0 atom stereocenters. The van der Waals surface area contributed by atoms with Crippen molar-refractivity contribution < 1.29 is 19.1 Å². The number of hydrogen-bond acceptors (Lipinski definition) is 4. The zero-order valence-electron chi connectivity index (χ0n) is 17.6. The van der Waals surface area contributed by atoms with Gasteiger partial charge in [-0.2, -0.15) is 0 Å². The van der Waals surface area contributed by atoms with E-state index in [0.29, 0.717) is 27.6 Å². The fourth-order valence-corrected chi connectivity index (χ4v) is 2.98. The lowest BCUT2D eigenvalue weighted by molar-refractivity contribution is -0.123. The van der Waals surface area contributed by atoms with Gasteiger partial charge in [0.1, 0.15) is 5.75 Å². The lowest BCUT2D eigenvalue weighted by Crippen LogP contribution is -2.43. The number of benzene rings is 3. The number of amides is 3. The summed E-state index contributed by atoms with van der Waals surface area (Å²) in [4.78, 5) is 36.4. The van der Waals surface area contributed by atoms with E-state index in [-0.39, 0.29) is 12.5 Å². The van der Waals surface area contributed by atoms with Crippen LogP contribution >= 0.6 is 11.6 Å². The summed E-state index contributed by atoms with van der Waals surface area (Å²) in [6, 6.07) is 18.6. The van der Waals surface area contributed by atoms with Gasteiger partial charge in [-0.15, -0.1) is 0 Å². The molecule has 3 amide bonds. The van der Waals surface area contributed by atoms with Crippen molar-refractivity contribution in [2.45, 2.75) is 13.8 Å². The standard InChI is InChI=1S/C24H22ClN3O4/c1-15-12-20(13-16(2)22(15)25)32-14-21(29)27-28-24(31)18-8-10-19(11-9-18)26-23(30)17-6-4-3-5-7-17/h3-13H,14H2,1-2H3,(H,26,30)(H,27,29)(H,28,31). The SMILES string of the molecule is Cc1cc(OCC(=O)NNC(=O)c2ccc(NC(=O)c3ccccc3)cc2)cc(C)c1Cl. The predicted octanol–water partition coefficient (Wildman–Crippen LogP) is 4.05. The smallest absolute Gasteiger partial charge is 0.276 e. The molecule has 0 aliphatic carbocycles. The molecular formula is C24H22ClN3O4. The van der Waals surface area contributed by atoms with Crippen molar-refractivity contribution in [3.05, 3.63) is 94.0 Å². The Hall–Kier alpha value is -3.84. The molecule has 0 aromatic heterocycles. The Labute approximate surface area is 190 Å². The molecular weight excluding hydrogens is 430 g/mol. The second-order valence-electron chi connectivity index (χ2n) is 7.06. The van der Waals surface area contributed by atoms with Crippen LogP contribution in [0.2, 0.25) is 5.02 Å². The Morgan fingerprint density at radius 1 is 0.812 bits per heavy atom. The van der Waals surface area contributed by atoms with E-state index >= 15 is 0 Å². The molecule has 7 nitrogen and oxygen atoms in total. The first-order chi connectivity index (χ1) is 15.3. The second kappa shape index (κ2) is 10.5. The van der Waals surface area contributed by atoms with Gasteiger partial charge in [-0.1, -0.05) is 29.8 Å². The third-order valence-corrected chi connectivity index (χ3v) is 5.13. The molecule has 0 saturated carbocycles. The zero-order chi connectivity index (χ0) is 23.1. The number of halogens is 1. The van der Waals surface area contributed by atoms with E-state index in [4.69, 9.17) is 16.3 Å². The summed E-state index contributed by atoms with van der Waals surface area (Å²) in [7, 11) is 0. The maximum atomic E-state index is 12.2. The maximum absolute atomic E-state index is 12.2. The van der Waals surface area contributed by atoms with Crippen molar-refractivity contribution in [3.8, 4) is 5.75 Å². The summed E-state index contributed by atoms with van der Waals surface area (Å²) in [6.45, 7) is 3.42. The Kier molecular flexibility index (Phi) is 7.46. The molecule has 164 valence electrons. The summed E-state index contributed by atoms with van der Waals surface area (Å²) in [5.74, 6) is -0.757. The summed E-state index contributed by atoms with van der Waals surface area (Å²) >= 11 is 6.11. The monoisotopic (exact) mass is 451 g/mol. The first kappa shape index (κ1) is 22.8. The molecule has 0 spiro atoms.